The van der Waals surface area contributed by atoms with Crippen LogP contribution in [-0.4, -0.2) is 13.7 Å². The van der Waals surface area contributed by atoms with E-state index in [0.717, 1.165) is 11.3 Å². The predicted molar refractivity (Wildman–Crippen MR) is 55.2 cm³/mol. The summed E-state index contributed by atoms with van der Waals surface area (Å²) in [6.07, 6.45) is 0. The van der Waals surface area contributed by atoms with Crippen molar-refractivity contribution < 1.29 is 4.74 Å². The molecule has 72 valence electrons. The van der Waals surface area contributed by atoms with Crippen LogP contribution >= 0.6 is 0 Å². The van der Waals surface area contributed by atoms with Gasteiger partial charge in [-0.3, -0.25) is 0 Å². The second-order valence-electron chi connectivity index (χ2n) is 3.37. The number of nitrogens with two attached hydrogens (primary N) is 1. The number of rotatable bonds is 3. The SMILES string of the molecule is COc1cc([C@H](C)CN)ccc1C. The third-order valence-corrected chi connectivity index (χ3v) is 2.35. The molecule has 0 saturated heterocycles. The van der Waals surface area contributed by atoms with E-state index in [1.165, 1.54) is 5.56 Å². The third-order valence-electron chi connectivity index (χ3n) is 2.35. The van der Waals surface area contributed by atoms with Gasteiger partial charge in [0.25, 0.3) is 0 Å². The Balaban J connectivity index is 2.99. The summed E-state index contributed by atoms with van der Waals surface area (Å²) in [6.45, 7) is 4.83. The Hall–Kier alpha value is -1.02. The molecule has 0 amide bonds. The maximum atomic E-state index is 5.59. The molecule has 1 rings (SSSR count). The van der Waals surface area contributed by atoms with Gasteiger partial charge in [-0.1, -0.05) is 19.1 Å². The molecule has 2 heteroatoms. The molecule has 1 aromatic carbocycles. The van der Waals surface area contributed by atoms with Crippen LogP contribution in [0.2, 0.25) is 0 Å². The van der Waals surface area contributed by atoms with E-state index in [1.54, 1.807) is 7.11 Å². The minimum Gasteiger partial charge on any atom is -0.496 e. The van der Waals surface area contributed by atoms with Crippen LogP contribution in [0.3, 0.4) is 0 Å². The van der Waals surface area contributed by atoms with Gasteiger partial charge >= 0.3 is 0 Å². The molecule has 0 bridgehead atoms. The number of benzene rings is 1. The topological polar surface area (TPSA) is 35.2 Å². The highest BCUT2D eigenvalue weighted by molar-refractivity contribution is 5.37. The summed E-state index contributed by atoms with van der Waals surface area (Å²) in [5, 5.41) is 0. The van der Waals surface area contributed by atoms with Gasteiger partial charge in [0, 0.05) is 0 Å². The summed E-state index contributed by atoms with van der Waals surface area (Å²) in [5.41, 5.74) is 8.00. The molecule has 0 aromatic heterocycles. The lowest BCUT2D eigenvalue weighted by molar-refractivity contribution is 0.411. The van der Waals surface area contributed by atoms with Gasteiger partial charge in [-0.15, -0.1) is 0 Å². The molecule has 0 spiro atoms. The van der Waals surface area contributed by atoms with Gasteiger partial charge in [-0.05, 0) is 36.6 Å². The lowest BCUT2D eigenvalue weighted by atomic mass is 10.00. The molecule has 2 nitrogen and oxygen atoms in total. The number of hydrogen-bond donors (Lipinski definition) is 1. The number of hydrogen-bond acceptors (Lipinski definition) is 2. The van der Waals surface area contributed by atoms with Gasteiger partial charge in [-0.25, -0.2) is 0 Å². The average Bonchev–Trinajstić information content (AvgIpc) is 2.17. The van der Waals surface area contributed by atoms with Crippen LogP contribution in [0.5, 0.6) is 5.75 Å². The van der Waals surface area contributed by atoms with Gasteiger partial charge < -0.3 is 10.5 Å². The van der Waals surface area contributed by atoms with Crippen LogP contribution < -0.4 is 10.5 Å². The number of ether oxygens (including phenoxy) is 1. The Morgan fingerprint density at radius 1 is 1.46 bits per heavy atom. The van der Waals surface area contributed by atoms with Crippen LogP contribution in [0.1, 0.15) is 24.0 Å². The molecule has 0 aliphatic rings. The maximum absolute atomic E-state index is 5.59. The van der Waals surface area contributed by atoms with Gasteiger partial charge in [0.1, 0.15) is 5.75 Å². The third kappa shape index (κ3) is 2.22. The molecule has 1 aromatic rings. The van der Waals surface area contributed by atoms with Gasteiger partial charge in [-0.2, -0.15) is 0 Å². The average molecular weight is 179 g/mol. The Kier molecular flexibility index (Phi) is 3.32. The predicted octanol–water partition coefficient (Wildman–Crippen LogP) is 2.07. The Morgan fingerprint density at radius 3 is 2.69 bits per heavy atom. The molecule has 0 fully saturated rings. The number of methoxy groups -OCH3 is 1. The summed E-state index contributed by atoms with van der Waals surface area (Å²) in [6, 6.07) is 6.24. The van der Waals surface area contributed by atoms with E-state index in [9.17, 15) is 0 Å². The normalized spacial score (nSPS) is 12.6. The first-order valence-corrected chi connectivity index (χ1v) is 4.53. The zero-order valence-electron chi connectivity index (χ0n) is 8.50. The molecule has 0 unspecified atom stereocenters. The highest BCUT2D eigenvalue weighted by Crippen LogP contribution is 2.23. The molecule has 0 saturated carbocycles. The molecule has 2 N–H and O–H groups in total. The minimum absolute atomic E-state index is 0.398. The zero-order valence-corrected chi connectivity index (χ0v) is 8.50. The van der Waals surface area contributed by atoms with Gasteiger partial charge in [0.15, 0.2) is 0 Å². The van der Waals surface area contributed by atoms with Crippen molar-refractivity contribution in [2.75, 3.05) is 13.7 Å². The molecular formula is C11H17NO. The quantitative estimate of drug-likeness (QED) is 0.771. The lowest BCUT2D eigenvalue weighted by Gasteiger charge is -2.11. The standard InChI is InChI=1S/C11H17NO/c1-8-4-5-10(9(2)7-12)6-11(8)13-3/h4-6,9H,7,12H2,1-3H3/t9-/m1/s1. The second-order valence-corrected chi connectivity index (χ2v) is 3.37. The molecule has 1 atom stereocenters. The lowest BCUT2D eigenvalue weighted by Crippen LogP contribution is -2.08. The fraction of sp³-hybridized carbons (Fsp3) is 0.455. The molecule has 13 heavy (non-hydrogen) atoms. The molecule has 0 radical (unpaired) electrons. The first-order chi connectivity index (χ1) is 6.19. The summed E-state index contributed by atoms with van der Waals surface area (Å²) >= 11 is 0. The van der Waals surface area contributed by atoms with Crippen molar-refractivity contribution in [2.24, 2.45) is 5.73 Å². The highest BCUT2D eigenvalue weighted by atomic mass is 16.5. The van der Waals surface area contributed by atoms with Crippen molar-refractivity contribution in [3.05, 3.63) is 29.3 Å². The van der Waals surface area contributed by atoms with Crippen molar-refractivity contribution in [3.8, 4) is 5.75 Å². The van der Waals surface area contributed by atoms with Crippen LogP contribution in [0.25, 0.3) is 0 Å². The van der Waals surface area contributed by atoms with E-state index in [1.807, 2.05) is 6.92 Å². The van der Waals surface area contributed by atoms with E-state index >= 15 is 0 Å². The van der Waals surface area contributed by atoms with E-state index in [4.69, 9.17) is 10.5 Å². The Labute approximate surface area is 79.7 Å². The fourth-order valence-corrected chi connectivity index (χ4v) is 1.28. The van der Waals surface area contributed by atoms with Crippen LogP contribution in [0.4, 0.5) is 0 Å². The number of aryl methyl sites for hydroxylation is 1. The maximum Gasteiger partial charge on any atom is 0.122 e. The van der Waals surface area contributed by atoms with E-state index in [0.29, 0.717) is 12.5 Å². The first kappa shape index (κ1) is 10.1. The fourth-order valence-electron chi connectivity index (χ4n) is 1.28. The summed E-state index contributed by atoms with van der Waals surface area (Å²) in [7, 11) is 1.69. The Morgan fingerprint density at radius 2 is 2.15 bits per heavy atom. The van der Waals surface area contributed by atoms with Crippen molar-refractivity contribution in [1.82, 2.24) is 0 Å². The van der Waals surface area contributed by atoms with Crippen molar-refractivity contribution in [3.63, 3.8) is 0 Å². The highest BCUT2D eigenvalue weighted by Gasteiger charge is 2.05. The van der Waals surface area contributed by atoms with Crippen molar-refractivity contribution in [1.29, 1.82) is 0 Å². The molecule has 0 heterocycles. The van der Waals surface area contributed by atoms with Crippen LogP contribution in [-0.2, 0) is 0 Å². The summed E-state index contributed by atoms with van der Waals surface area (Å²) < 4.78 is 5.24. The van der Waals surface area contributed by atoms with Crippen molar-refractivity contribution >= 4 is 0 Å². The zero-order chi connectivity index (χ0) is 9.84. The van der Waals surface area contributed by atoms with E-state index < -0.39 is 0 Å². The molecular weight excluding hydrogens is 162 g/mol. The molecule has 0 aliphatic heterocycles. The summed E-state index contributed by atoms with van der Waals surface area (Å²) in [5.74, 6) is 1.34. The molecule has 0 aliphatic carbocycles. The smallest absolute Gasteiger partial charge is 0.122 e. The largest absolute Gasteiger partial charge is 0.496 e. The van der Waals surface area contributed by atoms with Crippen molar-refractivity contribution in [2.45, 2.75) is 19.8 Å². The van der Waals surface area contributed by atoms with E-state index in [2.05, 4.69) is 25.1 Å². The minimum atomic E-state index is 0.398. The van der Waals surface area contributed by atoms with E-state index in [-0.39, 0.29) is 0 Å². The van der Waals surface area contributed by atoms with Gasteiger partial charge in [0.05, 0.1) is 7.11 Å². The van der Waals surface area contributed by atoms with Gasteiger partial charge in [0.2, 0.25) is 0 Å². The monoisotopic (exact) mass is 179 g/mol. The summed E-state index contributed by atoms with van der Waals surface area (Å²) in [4.78, 5) is 0. The Bertz CT molecular complexity index is 283. The first-order valence-electron chi connectivity index (χ1n) is 4.53. The van der Waals surface area contributed by atoms with Crippen LogP contribution in [0.15, 0.2) is 18.2 Å². The second kappa shape index (κ2) is 4.28. The van der Waals surface area contributed by atoms with Crippen LogP contribution in [0, 0.1) is 6.92 Å².